The molecule has 0 aromatic heterocycles. The molecule has 2 aromatic carbocycles. The van der Waals surface area contributed by atoms with Crippen molar-refractivity contribution in [3.8, 4) is 11.1 Å². The van der Waals surface area contributed by atoms with Gasteiger partial charge in [-0.05, 0) is 0 Å². The Hall–Kier alpha value is -0.747. The molecule has 0 bridgehead atoms. The SMILES string of the molecule is C[C](C)=[Zr+2]([C]1=CC=CC1)[c]1c(C)ccc2c1Cc1cc(C)ccc1-2.[Cl-].[Cl-]. The van der Waals surface area contributed by atoms with Gasteiger partial charge in [0.25, 0.3) is 0 Å². The standard InChI is InChI=1S/C15H13.C5H5.C3H6.2ClH.Zr/c1-10-3-5-14-12(7-10)9-13-8-11(2)4-6-15(13)14;1-2-4-5-3-1;1-3-2;;;/h3-7H,9H2,1-2H3;1-3H,4H2;1-2H3;2*1H;/q;;;;;+2/p-2. The Labute approximate surface area is 177 Å². The van der Waals surface area contributed by atoms with Gasteiger partial charge in [-0.2, -0.15) is 0 Å². The van der Waals surface area contributed by atoms with E-state index in [4.69, 9.17) is 0 Å². The Morgan fingerprint density at radius 1 is 0.962 bits per heavy atom. The van der Waals surface area contributed by atoms with Crippen molar-refractivity contribution in [3.05, 3.63) is 74.1 Å². The van der Waals surface area contributed by atoms with Crippen molar-refractivity contribution in [2.45, 2.75) is 40.5 Å². The van der Waals surface area contributed by atoms with E-state index in [-0.39, 0.29) is 24.8 Å². The van der Waals surface area contributed by atoms with Crippen LogP contribution >= 0.6 is 0 Å². The van der Waals surface area contributed by atoms with Crippen LogP contribution < -0.4 is 28.1 Å². The number of fused-ring (bicyclic) bond motifs is 3. The molecule has 0 radical (unpaired) electrons. The summed E-state index contributed by atoms with van der Waals surface area (Å²) in [5.41, 5.74) is 9.01. The van der Waals surface area contributed by atoms with Gasteiger partial charge in [0.2, 0.25) is 0 Å². The summed E-state index contributed by atoms with van der Waals surface area (Å²) in [7, 11) is 0. The monoisotopic (exact) mass is 460 g/mol. The fraction of sp³-hybridized carbons (Fsp3) is 0.261. The van der Waals surface area contributed by atoms with Crippen LogP contribution in [0.3, 0.4) is 0 Å². The van der Waals surface area contributed by atoms with Gasteiger partial charge in [0, 0.05) is 0 Å². The summed E-state index contributed by atoms with van der Waals surface area (Å²) in [6.07, 6.45) is 9.30. The summed E-state index contributed by atoms with van der Waals surface area (Å²) < 4.78 is 5.18. The Kier molecular flexibility index (Phi) is 7.05. The van der Waals surface area contributed by atoms with E-state index in [9.17, 15) is 0 Å². The number of hydrogen-bond acceptors (Lipinski definition) is 0. The molecule has 2 aliphatic carbocycles. The van der Waals surface area contributed by atoms with Crippen LogP contribution in [0.15, 0.2) is 51.8 Å². The van der Waals surface area contributed by atoms with E-state index in [0.29, 0.717) is 0 Å². The summed E-state index contributed by atoms with van der Waals surface area (Å²) >= 11 is -1.93. The molecule has 2 aliphatic rings. The van der Waals surface area contributed by atoms with Crippen molar-refractivity contribution in [3.63, 3.8) is 0 Å². The van der Waals surface area contributed by atoms with Gasteiger partial charge in [-0.15, -0.1) is 0 Å². The van der Waals surface area contributed by atoms with Crippen molar-refractivity contribution in [2.24, 2.45) is 0 Å². The predicted octanol–water partition coefficient (Wildman–Crippen LogP) is -0.818. The number of allylic oxidation sites excluding steroid dienone is 4. The molecule has 0 spiro atoms. The van der Waals surface area contributed by atoms with E-state index in [1.165, 1.54) is 34.2 Å². The molecular formula is C23H24Cl2Zr. The topological polar surface area (TPSA) is 0 Å². The fourth-order valence-corrected chi connectivity index (χ4v) is 11.7. The third-order valence-electron chi connectivity index (χ3n) is 5.28. The molecule has 4 rings (SSSR count). The zero-order valence-electron chi connectivity index (χ0n) is 15.8. The zero-order chi connectivity index (χ0) is 16.8. The second-order valence-electron chi connectivity index (χ2n) is 7.32. The van der Waals surface area contributed by atoms with Gasteiger partial charge in [0.05, 0.1) is 0 Å². The molecule has 0 aliphatic heterocycles. The van der Waals surface area contributed by atoms with E-state index >= 15 is 0 Å². The van der Waals surface area contributed by atoms with Gasteiger partial charge < -0.3 is 24.8 Å². The van der Waals surface area contributed by atoms with Crippen molar-refractivity contribution in [1.29, 1.82) is 0 Å². The van der Waals surface area contributed by atoms with E-state index in [1.54, 1.807) is 15.3 Å². The average Bonchev–Trinajstić information content (AvgIpc) is 3.16. The molecule has 0 atom stereocenters. The van der Waals surface area contributed by atoms with Crippen LogP contribution in [0.4, 0.5) is 0 Å². The molecule has 3 heteroatoms. The minimum absolute atomic E-state index is 0. The molecule has 0 fully saturated rings. The number of aryl methyl sites for hydroxylation is 2. The Balaban J connectivity index is 0.00000121. The first-order valence-electron chi connectivity index (χ1n) is 8.82. The maximum atomic E-state index is 2.41. The van der Waals surface area contributed by atoms with E-state index in [0.717, 1.165) is 6.42 Å². The van der Waals surface area contributed by atoms with Crippen molar-refractivity contribution >= 4 is 6.48 Å². The minimum Gasteiger partial charge on any atom is -1.00 e. The summed E-state index contributed by atoms with van der Waals surface area (Å²) in [5, 5.41) is 0. The molecule has 0 amide bonds. The third kappa shape index (κ3) is 3.64. The van der Waals surface area contributed by atoms with Crippen LogP contribution in [0.25, 0.3) is 11.1 Å². The molecule has 26 heavy (non-hydrogen) atoms. The first-order valence-corrected chi connectivity index (χ1v) is 12.5. The van der Waals surface area contributed by atoms with E-state index in [1.807, 2.05) is 0 Å². The van der Waals surface area contributed by atoms with Gasteiger partial charge in [0.1, 0.15) is 0 Å². The zero-order valence-corrected chi connectivity index (χ0v) is 19.8. The number of hydrogen-bond donors (Lipinski definition) is 0. The molecule has 2 aromatic rings. The summed E-state index contributed by atoms with van der Waals surface area (Å²) in [6, 6.07) is 11.7. The Bertz CT molecular complexity index is 945. The van der Waals surface area contributed by atoms with Crippen LogP contribution in [0, 0.1) is 13.8 Å². The maximum absolute atomic E-state index is 2.41. The third-order valence-corrected chi connectivity index (χ3v) is 13.2. The fourth-order valence-electron chi connectivity index (χ4n) is 4.24. The Morgan fingerprint density at radius 2 is 1.69 bits per heavy atom. The van der Waals surface area contributed by atoms with Crippen molar-refractivity contribution in [1.82, 2.24) is 0 Å². The predicted molar refractivity (Wildman–Crippen MR) is 102 cm³/mol. The Morgan fingerprint density at radius 3 is 2.35 bits per heavy atom. The molecule has 0 saturated heterocycles. The van der Waals surface area contributed by atoms with Gasteiger partial charge in [-0.3, -0.25) is 0 Å². The van der Waals surface area contributed by atoms with Gasteiger partial charge >= 0.3 is 154 Å². The van der Waals surface area contributed by atoms with Crippen LogP contribution in [-0.2, 0) is 27.7 Å². The largest absolute Gasteiger partial charge is 1.00 e. The molecule has 0 nitrogen and oxygen atoms in total. The molecule has 0 saturated carbocycles. The molecule has 134 valence electrons. The summed E-state index contributed by atoms with van der Waals surface area (Å²) in [4.78, 5) is 0. The second-order valence-corrected chi connectivity index (χ2v) is 14.4. The average molecular weight is 463 g/mol. The summed E-state index contributed by atoms with van der Waals surface area (Å²) in [5.74, 6) is 0. The van der Waals surface area contributed by atoms with Crippen molar-refractivity contribution in [2.75, 3.05) is 0 Å². The maximum Gasteiger partial charge on any atom is -1.00 e. The first kappa shape index (κ1) is 21.6. The second kappa shape index (κ2) is 8.51. The van der Waals surface area contributed by atoms with E-state index < -0.39 is 21.3 Å². The summed E-state index contributed by atoms with van der Waals surface area (Å²) in [6.45, 7) is 9.28. The van der Waals surface area contributed by atoms with Gasteiger partial charge in [-0.25, -0.2) is 0 Å². The van der Waals surface area contributed by atoms with Crippen LogP contribution in [0.5, 0.6) is 0 Å². The number of benzene rings is 2. The first-order chi connectivity index (χ1) is 11.6. The normalized spacial score (nSPS) is 13.0. The van der Waals surface area contributed by atoms with Crippen LogP contribution in [0.2, 0.25) is 0 Å². The molecule has 0 heterocycles. The quantitative estimate of drug-likeness (QED) is 0.467. The van der Waals surface area contributed by atoms with E-state index in [2.05, 4.69) is 76.3 Å². The number of halogens is 2. The molecule has 0 unspecified atom stereocenters. The smallest absolute Gasteiger partial charge is 1.00 e. The molecule has 0 N–H and O–H groups in total. The molecular weight excluding hydrogens is 438 g/mol. The van der Waals surface area contributed by atoms with Crippen LogP contribution in [0.1, 0.15) is 42.5 Å². The van der Waals surface area contributed by atoms with Gasteiger partial charge in [-0.1, -0.05) is 0 Å². The number of rotatable bonds is 2. The minimum atomic E-state index is -1.93. The van der Waals surface area contributed by atoms with Crippen LogP contribution in [-0.4, -0.2) is 3.21 Å². The van der Waals surface area contributed by atoms with Gasteiger partial charge in [0.15, 0.2) is 0 Å². The van der Waals surface area contributed by atoms with Crippen molar-refractivity contribution < 1.29 is 46.1 Å².